The molecule has 166 valence electrons. The fraction of sp³-hybridized carbons (Fsp3) is 0.292. The summed E-state index contributed by atoms with van der Waals surface area (Å²) in [4.78, 5) is 28.5. The Morgan fingerprint density at radius 2 is 1.88 bits per heavy atom. The fourth-order valence-corrected chi connectivity index (χ4v) is 3.85. The minimum atomic E-state index is -0.835. The van der Waals surface area contributed by atoms with E-state index in [0.717, 1.165) is 5.56 Å². The molecule has 1 fully saturated rings. The van der Waals surface area contributed by atoms with Gasteiger partial charge in [0.25, 0.3) is 0 Å². The molecule has 1 aliphatic heterocycles. The molecule has 8 heteroatoms. The Balaban J connectivity index is 1.40. The van der Waals surface area contributed by atoms with Crippen molar-refractivity contribution in [1.82, 2.24) is 15.0 Å². The van der Waals surface area contributed by atoms with Crippen molar-refractivity contribution in [3.8, 4) is 11.3 Å². The van der Waals surface area contributed by atoms with E-state index < -0.39 is 11.9 Å². The van der Waals surface area contributed by atoms with Gasteiger partial charge in [0.1, 0.15) is 17.8 Å². The number of β-amino-alcohol motifs (C(OH)–C–C–N with tert-alkyl or cyclic N) is 1. The third-order valence-electron chi connectivity index (χ3n) is 5.49. The smallest absolute Gasteiger partial charge is 0.242 e. The summed E-state index contributed by atoms with van der Waals surface area (Å²) >= 11 is 0. The lowest BCUT2D eigenvalue weighted by Crippen LogP contribution is -2.39. The van der Waals surface area contributed by atoms with Crippen molar-refractivity contribution in [2.75, 3.05) is 19.6 Å². The number of carbonyl (C=O) groups is 2. The molecule has 1 saturated heterocycles. The zero-order valence-corrected chi connectivity index (χ0v) is 17.5. The molecule has 0 radical (unpaired) electrons. The molecule has 1 unspecified atom stereocenters. The van der Waals surface area contributed by atoms with Crippen LogP contribution < -0.4 is 0 Å². The van der Waals surface area contributed by atoms with Crippen molar-refractivity contribution in [2.45, 2.75) is 25.5 Å². The Kier molecular flexibility index (Phi) is 6.61. The van der Waals surface area contributed by atoms with Crippen LogP contribution in [0.4, 0.5) is 4.39 Å². The van der Waals surface area contributed by atoms with Gasteiger partial charge in [-0.05, 0) is 24.1 Å². The van der Waals surface area contributed by atoms with Gasteiger partial charge in [-0.15, -0.1) is 0 Å². The predicted octanol–water partition coefficient (Wildman–Crippen LogP) is 2.65. The summed E-state index contributed by atoms with van der Waals surface area (Å²) < 4.78 is 19.1. The minimum absolute atomic E-state index is 0.0830. The molecule has 1 atom stereocenters. The van der Waals surface area contributed by atoms with E-state index in [9.17, 15) is 19.1 Å². The quantitative estimate of drug-likeness (QED) is 0.641. The third-order valence-corrected chi connectivity index (χ3v) is 5.49. The molecule has 2 amide bonds. The van der Waals surface area contributed by atoms with Gasteiger partial charge in [0.2, 0.25) is 11.8 Å². The second kappa shape index (κ2) is 9.74. The van der Waals surface area contributed by atoms with Gasteiger partial charge in [0, 0.05) is 37.2 Å². The monoisotopic (exact) mass is 437 g/mol. The third kappa shape index (κ3) is 5.03. The van der Waals surface area contributed by atoms with Gasteiger partial charge >= 0.3 is 0 Å². The highest BCUT2D eigenvalue weighted by Crippen LogP contribution is 2.26. The van der Waals surface area contributed by atoms with Crippen LogP contribution in [0.25, 0.3) is 11.3 Å². The average Bonchev–Trinajstić information content (AvgIpc) is 3.20. The van der Waals surface area contributed by atoms with Crippen LogP contribution in [0.1, 0.15) is 17.5 Å². The number of aliphatic hydroxyl groups excluding tert-OH is 1. The molecule has 0 saturated carbocycles. The number of halogens is 1. The average molecular weight is 437 g/mol. The molecular weight excluding hydrogens is 413 g/mol. The number of aryl methyl sites for hydroxylation is 1. The Morgan fingerprint density at radius 1 is 1.12 bits per heavy atom. The maximum Gasteiger partial charge on any atom is 0.242 e. The van der Waals surface area contributed by atoms with E-state index in [1.807, 2.05) is 30.3 Å². The minimum Gasteiger partial charge on any atom is -0.389 e. The summed E-state index contributed by atoms with van der Waals surface area (Å²) in [5, 5.41) is 14.3. The molecular formula is C24H24FN3O4. The number of benzene rings is 2. The van der Waals surface area contributed by atoms with Gasteiger partial charge in [0.15, 0.2) is 0 Å². The van der Waals surface area contributed by atoms with Gasteiger partial charge < -0.3 is 19.4 Å². The van der Waals surface area contributed by atoms with Gasteiger partial charge in [0.05, 0.1) is 12.6 Å². The molecule has 0 spiro atoms. The second-order valence-corrected chi connectivity index (χ2v) is 7.86. The van der Waals surface area contributed by atoms with E-state index in [4.69, 9.17) is 4.52 Å². The summed E-state index contributed by atoms with van der Waals surface area (Å²) in [6, 6.07) is 15.7. The standard InChI is InChI=1S/C24H24FN3O4/c25-21-9-5-4-8-20(21)24-18(16-32-26-24)10-11-22(30)28-14-19(29)13-27(23(31)15-28)12-17-6-2-1-3-7-17/h1-9,16,19,29H,10-15H2. The van der Waals surface area contributed by atoms with Crippen LogP contribution >= 0.6 is 0 Å². The molecule has 32 heavy (non-hydrogen) atoms. The number of carbonyl (C=O) groups excluding carboxylic acids is 2. The van der Waals surface area contributed by atoms with Crippen LogP contribution in [0.5, 0.6) is 0 Å². The molecule has 0 bridgehead atoms. The molecule has 1 N–H and O–H groups in total. The molecule has 2 heterocycles. The van der Waals surface area contributed by atoms with Crippen molar-refractivity contribution in [2.24, 2.45) is 0 Å². The van der Waals surface area contributed by atoms with Crippen LogP contribution in [-0.2, 0) is 22.6 Å². The second-order valence-electron chi connectivity index (χ2n) is 7.86. The van der Waals surface area contributed by atoms with Crippen molar-refractivity contribution in [1.29, 1.82) is 0 Å². The zero-order valence-electron chi connectivity index (χ0n) is 17.5. The number of amides is 2. The largest absolute Gasteiger partial charge is 0.389 e. The molecule has 1 aliphatic rings. The number of hydrogen-bond donors (Lipinski definition) is 1. The van der Waals surface area contributed by atoms with Crippen molar-refractivity contribution < 1.29 is 23.6 Å². The van der Waals surface area contributed by atoms with Crippen LogP contribution in [-0.4, -0.2) is 57.6 Å². The summed E-state index contributed by atoms with van der Waals surface area (Å²) in [5.41, 5.74) is 2.23. The van der Waals surface area contributed by atoms with Crippen molar-refractivity contribution in [3.05, 3.63) is 77.8 Å². The number of rotatable bonds is 6. The number of hydrogen-bond acceptors (Lipinski definition) is 5. The first-order chi connectivity index (χ1) is 15.5. The molecule has 4 rings (SSSR count). The highest BCUT2D eigenvalue weighted by Gasteiger charge is 2.29. The van der Waals surface area contributed by atoms with Gasteiger partial charge in [-0.25, -0.2) is 4.39 Å². The number of nitrogens with zero attached hydrogens (tertiary/aromatic N) is 3. The zero-order chi connectivity index (χ0) is 22.5. The highest BCUT2D eigenvalue weighted by molar-refractivity contribution is 5.85. The van der Waals surface area contributed by atoms with Crippen molar-refractivity contribution in [3.63, 3.8) is 0 Å². The maximum atomic E-state index is 14.1. The van der Waals surface area contributed by atoms with Crippen LogP contribution in [0.2, 0.25) is 0 Å². The molecule has 7 nitrogen and oxygen atoms in total. The maximum absolute atomic E-state index is 14.1. The Labute approximate surface area is 185 Å². The molecule has 3 aromatic rings. The van der Waals surface area contributed by atoms with Crippen LogP contribution in [0, 0.1) is 5.82 Å². The predicted molar refractivity (Wildman–Crippen MR) is 115 cm³/mol. The first-order valence-corrected chi connectivity index (χ1v) is 10.5. The van der Waals surface area contributed by atoms with E-state index in [2.05, 4.69) is 5.16 Å². The van der Waals surface area contributed by atoms with Crippen LogP contribution in [0.3, 0.4) is 0 Å². The van der Waals surface area contributed by atoms with Crippen molar-refractivity contribution >= 4 is 11.8 Å². The normalized spacial score (nSPS) is 16.8. The lowest BCUT2D eigenvalue weighted by Gasteiger charge is -2.22. The fourth-order valence-electron chi connectivity index (χ4n) is 3.85. The highest BCUT2D eigenvalue weighted by atomic mass is 19.1. The van der Waals surface area contributed by atoms with E-state index >= 15 is 0 Å². The van der Waals surface area contributed by atoms with Crippen LogP contribution in [0.15, 0.2) is 65.4 Å². The first kappa shape index (κ1) is 21.7. The summed E-state index contributed by atoms with van der Waals surface area (Å²) in [6.45, 7) is 0.540. The summed E-state index contributed by atoms with van der Waals surface area (Å²) in [6.07, 6.45) is 0.930. The van der Waals surface area contributed by atoms with E-state index in [-0.39, 0.29) is 44.3 Å². The summed E-state index contributed by atoms with van der Waals surface area (Å²) in [5.74, 6) is -0.899. The van der Waals surface area contributed by atoms with Gasteiger partial charge in [-0.3, -0.25) is 9.59 Å². The number of aliphatic hydroxyl groups is 1. The molecule has 1 aromatic heterocycles. The topological polar surface area (TPSA) is 86.9 Å². The number of aromatic nitrogens is 1. The van der Waals surface area contributed by atoms with E-state index in [1.165, 1.54) is 17.2 Å². The summed E-state index contributed by atoms with van der Waals surface area (Å²) in [7, 11) is 0. The van der Waals surface area contributed by atoms with Gasteiger partial charge in [-0.1, -0.05) is 47.6 Å². The Hall–Kier alpha value is -3.52. The Morgan fingerprint density at radius 3 is 2.66 bits per heavy atom. The SMILES string of the molecule is O=C(CCc1conc1-c1ccccc1F)N1CC(=O)N(Cc2ccccc2)CC(O)C1. The van der Waals surface area contributed by atoms with E-state index in [1.54, 1.807) is 23.1 Å². The lowest BCUT2D eigenvalue weighted by molar-refractivity contribution is -0.139. The Bertz CT molecular complexity index is 1090. The first-order valence-electron chi connectivity index (χ1n) is 10.5. The lowest BCUT2D eigenvalue weighted by atomic mass is 10.0. The molecule has 2 aromatic carbocycles. The van der Waals surface area contributed by atoms with Gasteiger partial charge in [-0.2, -0.15) is 0 Å². The van der Waals surface area contributed by atoms with E-state index in [0.29, 0.717) is 23.4 Å². The molecule has 0 aliphatic carbocycles.